The average Bonchev–Trinajstić information content (AvgIpc) is 3.16. The first-order valence-electron chi connectivity index (χ1n) is 8.18. The van der Waals surface area contributed by atoms with Crippen LogP contribution in [0.5, 0.6) is 0 Å². The van der Waals surface area contributed by atoms with Crippen molar-refractivity contribution < 1.29 is 13.6 Å². The van der Waals surface area contributed by atoms with Gasteiger partial charge in [-0.2, -0.15) is 0 Å². The molecule has 1 aliphatic heterocycles. The van der Waals surface area contributed by atoms with Gasteiger partial charge < -0.3 is 5.32 Å². The van der Waals surface area contributed by atoms with E-state index in [-0.39, 0.29) is 5.91 Å². The topological polar surface area (TPSA) is 41.5 Å². The van der Waals surface area contributed by atoms with Crippen molar-refractivity contribution >= 4 is 33.8 Å². The molecule has 0 radical (unpaired) electrons. The van der Waals surface area contributed by atoms with Crippen LogP contribution >= 0.6 is 23.5 Å². The second-order valence-electron chi connectivity index (χ2n) is 5.81. The van der Waals surface area contributed by atoms with Gasteiger partial charge in [-0.1, -0.05) is 47.8 Å². The van der Waals surface area contributed by atoms with Crippen LogP contribution in [0.1, 0.15) is 34.5 Å². The number of amides is 1. The molecule has 0 aromatic heterocycles. The molecule has 1 atom stereocenters. The number of rotatable bonds is 5. The Bertz CT molecular complexity index is 842. The quantitative estimate of drug-likeness (QED) is 0.795. The second kappa shape index (κ2) is 8.68. The first-order chi connectivity index (χ1) is 12.5. The Morgan fingerprint density at radius 2 is 2.08 bits per heavy atom. The molecule has 0 saturated carbocycles. The molecule has 0 bridgehead atoms. The van der Waals surface area contributed by atoms with Gasteiger partial charge >= 0.3 is 0 Å². The molecule has 1 aliphatic rings. The van der Waals surface area contributed by atoms with E-state index < -0.39 is 17.7 Å². The highest BCUT2D eigenvalue weighted by Gasteiger charge is 2.17. The number of carbonyl (C=O) groups excluding carboxylic acids is 1. The third-order valence-corrected chi connectivity index (χ3v) is 6.26. The molecule has 3 rings (SSSR count). The number of nitrogens with one attached hydrogen (secondary N) is 1. The molecule has 1 N–H and O–H groups in total. The predicted molar refractivity (Wildman–Crippen MR) is 105 cm³/mol. The number of nitrogens with zero attached hydrogens (tertiary/aromatic N) is 1. The Balaban J connectivity index is 1.69. The summed E-state index contributed by atoms with van der Waals surface area (Å²) in [6, 6.07) is 10.6. The predicted octanol–water partition coefficient (Wildman–Crippen LogP) is 4.79. The summed E-state index contributed by atoms with van der Waals surface area (Å²) in [5, 5.41) is 2.85. The number of carbonyl (C=O) groups is 1. The molecule has 2 aromatic carbocycles. The van der Waals surface area contributed by atoms with Crippen molar-refractivity contribution in [1.29, 1.82) is 0 Å². The maximum atomic E-state index is 13.4. The lowest BCUT2D eigenvalue weighted by Gasteiger charge is -2.16. The van der Waals surface area contributed by atoms with Gasteiger partial charge in [-0.15, -0.1) is 0 Å². The molecule has 1 amide bonds. The van der Waals surface area contributed by atoms with Gasteiger partial charge in [0.05, 0.1) is 12.6 Å². The summed E-state index contributed by atoms with van der Waals surface area (Å²) >= 11 is 3.36. The molecule has 0 aliphatic carbocycles. The van der Waals surface area contributed by atoms with Gasteiger partial charge in [-0.3, -0.25) is 9.79 Å². The first kappa shape index (κ1) is 18.9. The third-order valence-electron chi connectivity index (χ3n) is 3.96. The third kappa shape index (κ3) is 4.65. The number of hydrogen-bond acceptors (Lipinski definition) is 4. The van der Waals surface area contributed by atoms with Crippen LogP contribution in [0.4, 0.5) is 8.78 Å². The Labute approximate surface area is 159 Å². The average molecular weight is 392 g/mol. The highest BCUT2D eigenvalue weighted by Crippen LogP contribution is 2.26. The van der Waals surface area contributed by atoms with Gasteiger partial charge in [0.15, 0.2) is 11.6 Å². The molecule has 0 fully saturated rings. The molecule has 1 heterocycles. The van der Waals surface area contributed by atoms with Crippen molar-refractivity contribution in [3.63, 3.8) is 0 Å². The standard InChI is InChI=1S/C19H18F2N2OS2/c1-12(13-6-7-16(20)17(21)10-13)23-18(24)15-5-3-2-4-14(15)11-26-19-22-8-9-25-19/h2-7,10,12H,8-9,11H2,1H3,(H,23,24). The van der Waals surface area contributed by atoms with Crippen LogP contribution in [-0.4, -0.2) is 22.6 Å². The summed E-state index contributed by atoms with van der Waals surface area (Å²) in [4.78, 5) is 17.1. The lowest BCUT2D eigenvalue weighted by atomic mass is 10.1. The summed E-state index contributed by atoms with van der Waals surface area (Å²) in [6.45, 7) is 2.59. The summed E-state index contributed by atoms with van der Waals surface area (Å²) in [5.74, 6) is -0.386. The van der Waals surface area contributed by atoms with Crippen molar-refractivity contribution in [1.82, 2.24) is 5.32 Å². The molecule has 3 nitrogen and oxygen atoms in total. The summed E-state index contributed by atoms with van der Waals surface area (Å²) in [7, 11) is 0. The van der Waals surface area contributed by atoms with E-state index >= 15 is 0 Å². The lowest BCUT2D eigenvalue weighted by Crippen LogP contribution is -2.27. The summed E-state index contributed by atoms with van der Waals surface area (Å²) in [5.41, 5.74) is 2.02. The fraction of sp³-hybridized carbons (Fsp3) is 0.263. The molecule has 1 unspecified atom stereocenters. The fourth-order valence-electron chi connectivity index (χ4n) is 2.55. The highest BCUT2D eigenvalue weighted by atomic mass is 32.2. The number of aliphatic imine (C=N–C) groups is 1. The summed E-state index contributed by atoms with van der Waals surface area (Å²) < 4.78 is 27.5. The first-order valence-corrected chi connectivity index (χ1v) is 10.2. The minimum Gasteiger partial charge on any atom is -0.346 e. The van der Waals surface area contributed by atoms with E-state index in [1.54, 1.807) is 36.5 Å². The minimum absolute atomic E-state index is 0.237. The number of thioether (sulfide) groups is 2. The van der Waals surface area contributed by atoms with Gasteiger partial charge in [-0.25, -0.2) is 8.78 Å². The lowest BCUT2D eigenvalue weighted by molar-refractivity contribution is 0.0939. The van der Waals surface area contributed by atoms with Crippen LogP contribution in [0.2, 0.25) is 0 Å². The zero-order valence-corrected chi connectivity index (χ0v) is 15.8. The van der Waals surface area contributed by atoms with E-state index in [0.29, 0.717) is 16.9 Å². The van der Waals surface area contributed by atoms with Gasteiger partial charge in [0.2, 0.25) is 0 Å². The van der Waals surface area contributed by atoms with Crippen LogP contribution in [-0.2, 0) is 5.75 Å². The highest BCUT2D eigenvalue weighted by molar-refractivity contribution is 8.38. The largest absolute Gasteiger partial charge is 0.346 e. The Kier molecular flexibility index (Phi) is 6.32. The van der Waals surface area contributed by atoms with Gasteiger partial charge in [0.25, 0.3) is 5.91 Å². The molecule has 136 valence electrons. The van der Waals surface area contributed by atoms with Gasteiger partial charge in [0, 0.05) is 17.1 Å². The van der Waals surface area contributed by atoms with Crippen molar-refractivity contribution in [2.75, 3.05) is 12.3 Å². The minimum atomic E-state index is -0.921. The van der Waals surface area contributed by atoms with Gasteiger partial charge in [0.1, 0.15) is 4.38 Å². The van der Waals surface area contributed by atoms with Crippen LogP contribution < -0.4 is 5.32 Å². The van der Waals surface area contributed by atoms with Crippen molar-refractivity contribution in [3.05, 3.63) is 70.8 Å². The Hall–Kier alpha value is -1.86. The van der Waals surface area contributed by atoms with E-state index in [0.717, 1.165) is 34.4 Å². The van der Waals surface area contributed by atoms with Gasteiger partial charge in [-0.05, 0) is 36.2 Å². The van der Waals surface area contributed by atoms with E-state index in [1.165, 1.54) is 6.07 Å². The zero-order valence-electron chi connectivity index (χ0n) is 14.2. The van der Waals surface area contributed by atoms with Crippen LogP contribution in [0, 0.1) is 11.6 Å². The Morgan fingerprint density at radius 3 is 2.81 bits per heavy atom. The molecule has 0 saturated heterocycles. The van der Waals surface area contributed by atoms with Crippen LogP contribution in [0.15, 0.2) is 47.5 Å². The summed E-state index contributed by atoms with van der Waals surface area (Å²) in [6.07, 6.45) is 0. The molecule has 7 heteroatoms. The van der Waals surface area contributed by atoms with E-state index in [1.807, 2.05) is 18.2 Å². The van der Waals surface area contributed by atoms with E-state index in [9.17, 15) is 13.6 Å². The number of halogens is 2. The van der Waals surface area contributed by atoms with Crippen molar-refractivity contribution in [3.8, 4) is 0 Å². The second-order valence-corrected chi connectivity index (χ2v) is 8.12. The maximum Gasteiger partial charge on any atom is 0.252 e. The van der Waals surface area contributed by atoms with Crippen LogP contribution in [0.25, 0.3) is 0 Å². The molecule has 2 aromatic rings. The van der Waals surface area contributed by atoms with E-state index in [4.69, 9.17) is 0 Å². The molecular formula is C19H18F2N2OS2. The number of benzene rings is 2. The van der Waals surface area contributed by atoms with Crippen molar-refractivity contribution in [2.45, 2.75) is 18.7 Å². The molecule has 0 spiro atoms. The fourth-order valence-corrected chi connectivity index (χ4v) is 4.56. The van der Waals surface area contributed by atoms with E-state index in [2.05, 4.69) is 10.3 Å². The normalized spacial score (nSPS) is 14.8. The zero-order chi connectivity index (χ0) is 18.5. The monoisotopic (exact) mass is 392 g/mol. The molecule has 26 heavy (non-hydrogen) atoms. The maximum absolute atomic E-state index is 13.4. The van der Waals surface area contributed by atoms with Crippen LogP contribution in [0.3, 0.4) is 0 Å². The smallest absolute Gasteiger partial charge is 0.252 e. The molecular weight excluding hydrogens is 374 g/mol. The number of hydrogen-bond donors (Lipinski definition) is 1. The SMILES string of the molecule is CC(NC(=O)c1ccccc1CSC1=NCCS1)c1ccc(F)c(F)c1. The Morgan fingerprint density at radius 1 is 1.27 bits per heavy atom. The van der Waals surface area contributed by atoms with Crippen molar-refractivity contribution in [2.24, 2.45) is 4.99 Å².